The lowest BCUT2D eigenvalue weighted by molar-refractivity contribution is 0.736. The van der Waals surface area contributed by atoms with Gasteiger partial charge in [0.05, 0.1) is 5.69 Å². The third-order valence-corrected chi connectivity index (χ3v) is 3.31. The van der Waals surface area contributed by atoms with E-state index in [9.17, 15) is 0 Å². The van der Waals surface area contributed by atoms with Crippen LogP contribution in [0.15, 0.2) is 22.7 Å². The number of benzene rings is 1. The van der Waals surface area contributed by atoms with Crippen molar-refractivity contribution in [2.75, 3.05) is 0 Å². The van der Waals surface area contributed by atoms with Crippen LogP contribution < -0.4 is 5.73 Å². The largest absolute Gasteiger partial charge is 0.328 e. The number of hydrogen-bond acceptors (Lipinski definition) is 3. The summed E-state index contributed by atoms with van der Waals surface area (Å²) < 4.78 is 2.85. The molecule has 0 saturated carbocycles. The lowest BCUT2D eigenvalue weighted by Crippen LogP contribution is -2.17. The van der Waals surface area contributed by atoms with E-state index < -0.39 is 0 Å². The van der Waals surface area contributed by atoms with Gasteiger partial charge in [0.25, 0.3) is 0 Å². The molecule has 0 bridgehead atoms. The summed E-state index contributed by atoms with van der Waals surface area (Å²) in [4.78, 5) is 4.31. The van der Waals surface area contributed by atoms with Crippen LogP contribution in [0.25, 0.3) is 5.69 Å². The van der Waals surface area contributed by atoms with Crippen molar-refractivity contribution in [3.63, 3.8) is 0 Å². The summed E-state index contributed by atoms with van der Waals surface area (Å²) in [6.07, 6.45) is 0.869. The van der Waals surface area contributed by atoms with Crippen LogP contribution in [0.3, 0.4) is 0 Å². The van der Waals surface area contributed by atoms with Gasteiger partial charge in [0.15, 0.2) is 0 Å². The van der Waals surface area contributed by atoms with Crippen LogP contribution in [0, 0.1) is 13.8 Å². The first-order valence-corrected chi connectivity index (χ1v) is 6.71. The van der Waals surface area contributed by atoms with E-state index in [4.69, 9.17) is 5.73 Å². The summed E-state index contributed by atoms with van der Waals surface area (Å²) in [6.45, 7) is 5.84. The molecule has 1 aromatic carbocycles. The number of aryl methyl sites for hydroxylation is 2. The lowest BCUT2D eigenvalue weighted by Gasteiger charge is -2.10. The number of aromatic nitrogens is 3. The number of nitrogens with two attached hydrogens (primary N) is 1. The summed E-state index contributed by atoms with van der Waals surface area (Å²) in [5, 5.41) is 4.38. The van der Waals surface area contributed by atoms with Gasteiger partial charge >= 0.3 is 0 Å². The van der Waals surface area contributed by atoms with Crippen LogP contribution >= 0.6 is 15.9 Å². The Morgan fingerprint density at radius 1 is 1.39 bits per heavy atom. The highest BCUT2D eigenvalue weighted by atomic mass is 79.9. The normalized spacial score (nSPS) is 12.7. The van der Waals surface area contributed by atoms with Crippen LogP contribution in [-0.4, -0.2) is 20.8 Å². The van der Waals surface area contributed by atoms with Gasteiger partial charge in [-0.15, -0.1) is 0 Å². The topological polar surface area (TPSA) is 56.7 Å². The first kappa shape index (κ1) is 13.2. The fourth-order valence-electron chi connectivity index (χ4n) is 1.97. The zero-order valence-corrected chi connectivity index (χ0v) is 12.4. The molecular weight excluding hydrogens is 292 g/mol. The molecule has 2 N–H and O–H groups in total. The second kappa shape index (κ2) is 5.20. The molecule has 0 saturated heterocycles. The Labute approximate surface area is 115 Å². The third-order valence-electron chi connectivity index (χ3n) is 2.67. The van der Waals surface area contributed by atoms with Crippen molar-refractivity contribution in [2.24, 2.45) is 5.73 Å². The maximum Gasteiger partial charge on any atom is 0.148 e. The molecule has 0 aliphatic rings. The highest BCUT2D eigenvalue weighted by Gasteiger charge is 2.09. The fourth-order valence-corrected chi connectivity index (χ4v) is 2.56. The van der Waals surface area contributed by atoms with E-state index in [1.807, 2.05) is 31.5 Å². The SMILES string of the molecule is Cc1nc(C)n(-c2ccc(CC(C)N)cc2Br)n1. The molecule has 0 fully saturated rings. The van der Waals surface area contributed by atoms with E-state index >= 15 is 0 Å². The fraction of sp³-hybridized carbons (Fsp3) is 0.385. The second-order valence-electron chi connectivity index (χ2n) is 4.59. The summed E-state index contributed by atoms with van der Waals surface area (Å²) >= 11 is 3.59. The Morgan fingerprint density at radius 3 is 2.61 bits per heavy atom. The average Bonchev–Trinajstić information content (AvgIpc) is 2.57. The van der Waals surface area contributed by atoms with Gasteiger partial charge in [0, 0.05) is 10.5 Å². The average molecular weight is 309 g/mol. The van der Waals surface area contributed by atoms with Gasteiger partial charge in [-0.2, -0.15) is 5.10 Å². The summed E-state index contributed by atoms with van der Waals surface area (Å²) in [5.41, 5.74) is 8.03. The molecule has 2 aromatic rings. The number of hydrogen-bond donors (Lipinski definition) is 1. The summed E-state index contributed by atoms with van der Waals surface area (Å²) in [7, 11) is 0. The van der Waals surface area contributed by atoms with Gasteiger partial charge in [-0.05, 0) is 60.8 Å². The Kier molecular flexibility index (Phi) is 3.82. The molecule has 1 aromatic heterocycles. The standard InChI is InChI=1S/C13H17BrN4/c1-8(15)6-11-4-5-13(12(14)7-11)18-10(3)16-9(2)17-18/h4-5,7-8H,6,15H2,1-3H3. The van der Waals surface area contributed by atoms with E-state index in [-0.39, 0.29) is 6.04 Å². The molecule has 2 rings (SSSR count). The van der Waals surface area contributed by atoms with Crippen molar-refractivity contribution in [3.05, 3.63) is 39.9 Å². The zero-order chi connectivity index (χ0) is 13.3. The van der Waals surface area contributed by atoms with Gasteiger partial charge < -0.3 is 5.73 Å². The first-order chi connectivity index (χ1) is 8.47. The Hall–Kier alpha value is -1.20. The van der Waals surface area contributed by atoms with Crippen LogP contribution in [0.4, 0.5) is 0 Å². The predicted molar refractivity (Wildman–Crippen MR) is 75.9 cm³/mol. The zero-order valence-electron chi connectivity index (χ0n) is 10.8. The monoisotopic (exact) mass is 308 g/mol. The number of nitrogens with zero attached hydrogens (tertiary/aromatic N) is 3. The minimum atomic E-state index is 0.165. The Balaban J connectivity index is 2.38. The molecule has 5 heteroatoms. The van der Waals surface area contributed by atoms with Crippen molar-refractivity contribution in [3.8, 4) is 5.69 Å². The molecule has 4 nitrogen and oxygen atoms in total. The summed E-state index contributed by atoms with van der Waals surface area (Å²) in [6, 6.07) is 6.39. The Morgan fingerprint density at radius 2 is 2.11 bits per heavy atom. The maximum absolute atomic E-state index is 5.81. The molecule has 1 atom stereocenters. The molecule has 0 spiro atoms. The highest BCUT2D eigenvalue weighted by Crippen LogP contribution is 2.23. The van der Waals surface area contributed by atoms with E-state index in [1.54, 1.807) is 0 Å². The second-order valence-corrected chi connectivity index (χ2v) is 5.44. The molecular formula is C13H17BrN4. The summed E-state index contributed by atoms with van der Waals surface area (Å²) in [5.74, 6) is 1.66. The smallest absolute Gasteiger partial charge is 0.148 e. The van der Waals surface area contributed by atoms with E-state index in [1.165, 1.54) is 5.56 Å². The van der Waals surface area contributed by atoms with E-state index in [0.29, 0.717) is 0 Å². The van der Waals surface area contributed by atoms with Crippen LogP contribution in [0.2, 0.25) is 0 Å². The third kappa shape index (κ3) is 2.79. The maximum atomic E-state index is 5.81. The molecule has 1 unspecified atom stereocenters. The van der Waals surface area contributed by atoms with Gasteiger partial charge in [0.2, 0.25) is 0 Å². The van der Waals surface area contributed by atoms with Gasteiger partial charge in [-0.25, -0.2) is 9.67 Å². The first-order valence-electron chi connectivity index (χ1n) is 5.92. The van der Waals surface area contributed by atoms with Crippen molar-refractivity contribution in [1.82, 2.24) is 14.8 Å². The molecule has 0 aliphatic heterocycles. The molecule has 0 amide bonds. The van der Waals surface area contributed by atoms with Crippen molar-refractivity contribution >= 4 is 15.9 Å². The van der Waals surface area contributed by atoms with Crippen LogP contribution in [0.1, 0.15) is 24.1 Å². The molecule has 0 radical (unpaired) electrons. The Bertz CT molecular complexity index is 560. The molecule has 96 valence electrons. The minimum Gasteiger partial charge on any atom is -0.328 e. The minimum absolute atomic E-state index is 0.165. The van der Waals surface area contributed by atoms with Crippen molar-refractivity contribution < 1.29 is 0 Å². The van der Waals surface area contributed by atoms with Gasteiger partial charge in [0.1, 0.15) is 11.6 Å². The van der Waals surface area contributed by atoms with Crippen molar-refractivity contribution in [2.45, 2.75) is 33.2 Å². The molecule has 0 aliphatic carbocycles. The quantitative estimate of drug-likeness (QED) is 0.948. The van der Waals surface area contributed by atoms with Crippen molar-refractivity contribution in [1.29, 1.82) is 0 Å². The predicted octanol–water partition coefficient (Wildman–Crippen LogP) is 2.54. The molecule has 18 heavy (non-hydrogen) atoms. The lowest BCUT2D eigenvalue weighted by atomic mass is 10.1. The number of halogens is 1. The number of rotatable bonds is 3. The molecule has 1 heterocycles. The van der Waals surface area contributed by atoms with Crippen LogP contribution in [0.5, 0.6) is 0 Å². The van der Waals surface area contributed by atoms with Crippen LogP contribution in [-0.2, 0) is 6.42 Å². The van der Waals surface area contributed by atoms with Gasteiger partial charge in [-0.1, -0.05) is 6.07 Å². The highest BCUT2D eigenvalue weighted by molar-refractivity contribution is 9.10. The van der Waals surface area contributed by atoms with E-state index in [2.05, 4.69) is 38.1 Å². The van der Waals surface area contributed by atoms with E-state index in [0.717, 1.165) is 28.2 Å². The van der Waals surface area contributed by atoms with Gasteiger partial charge in [-0.3, -0.25) is 0 Å².